The van der Waals surface area contributed by atoms with Crippen LogP contribution in [0.2, 0.25) is 0 Å². The molecule has 0 saturated carbocycles. The second kappa shape index (κ2) is 7.01. The Morgan fingerprint density at radius 2 is 2.05 bits per heavy atom. The molecule has 0 fully saturated rings. The van der Waals surface area contributed by atoms with E-state index >= 15 is 0 Å². The van der Waals surface area contributed by atoms with Gasteiger partial charge in [-0.1, -0.05) is 32.9 Å². The number of benzene rings is 1. The Balaban J connectivity index is 2.04. The topological polar surface area (TPSA) is 47.0 Å². The van der Waals surface area contributed by atoms with E-state index in [1.165, 1.54) is 5.56 Å². The molecule has 1 aromatic heterocycles. The molecule has 1 heterocycles. The molecule has 0 saturated heterocycles. The van der Waals surface area contributed by atoms with Crippen molar-refractivity contribution in [3.63, 3.8) is 0 Å². The van der Waals surface area contributed by atoms with Crippen LogP contribution in [0.5, 0.6) is 11.6 Å². The Labute approximate surface area is 120 Å². The van der Waals surface area contributed by atoms with Crippen LogP contribution in [0, 0.1) is 0 Å². The summed E-state index contributed by atoms with van der Waals surface area (Å²) in [6.45, 7) is 8.03. The van der Waals surface area contributed by atoms with Crippen molar-refractivity contribution in [1.82, 2.24) is 15.3 Å². The van der Waals surface area contributed by atoms with Crippen LogP contribution in [0.25, 0.3) is 0 Å². The summed E-state index contributed by atoms with van der Waals surface area (Å²) in [6.07, 6.45) is 3.40. The van der Waals surface area contributed by atoms with Crippen molar-refractivity contribution in [1.29, 1.82) is 0 Å². The molecule has 0 aliphatic carbocycles. The van der Waals surface area contributed by atoms with Gasteiger partial charge in [-0.2, -0.15) is 0 Å². The monoisotopic (exact) mass is 271 g/mol. The minimum absolute atomic E-state index is 0.479. The van der Waals surface area contributed by atoms with E-state index in [-0.39, 0.29) is 0 Å². The molecule has 4 nitrogen and oxygen atoms in total. The van der Waals surface area contributed by atoms with Crippen molar-refractivity contribution in [3.05, 3.63) is 47.9 Å². The lowest BCUT2D eigenvalue weighted by molar-refractivity contribution is 0.458. The smallest absolute Gasteiger partial charge is 0.237 e. The highest BCUT2D eigenvalue weighted by Crippen LogP contribution is 2.23. The maximum atomic E-state index is 5.73. The largest absolute Gasteiger partial charge is 0.437 e. The molecule has 0 atom stereocenters. The molecule has 1 N–H and O–H groups in total. The number of rotatable bonds is 6. The fraction of sp³-hybridized carbons (Fsp3) is 0.375. The van der Waals surface area contributed by atoms with E-state index in [2.05, 4.69) is 42.1 Å². The molecule has 1 aromatic carbocycles. The van der Waals surface area contributed by atoms with Gasteiger partial charge in [0.25, 0.3) is 0 Å². The molecular weight excluding hydrogens is 250 g/mol. The van der Waals surface area contributed by atoms with Crippen LogP contribution in [0.3, 0.4) is 0 Å². The first-order valence-electron chi connectivity index (χ1n) is 6.98. The SMILES string of the molecule is CCNCc1cnc(Oc2cccc(C(C)C)c2)cn1. The minimum Gasteiger partial charge on any atom is -0.437 e. The Morgan fingerprint density at radius 1 is 1.20 bits per heavy atom. The lowest BCUT2D eigenvalue weighted by Gasteiger charge is -2.09. The fourth-order valence-corrected chi connectivity index (χ4v) is 1.80. The second-order valence-corrected chi connectivity index (χ2v) is 4.96. The maximum Gasteiger partial charge on any atom is 0.237 e. The van der Waals surface area contributed by atoms with Gasteiger partial charge >= 0.3 is 0 Å². The summed E-state index contributed by atoms with van der Waals surface area (Å²) in [7, 11) is 0. The summed E-state index contributed by atoms with van der Waals surface area (Å²) in [5.41, 5.74) is 2.16. The lowest BCUT2D eigenvalue weighted by atomic mass is 10.0. The van der Waals surface area contributed by atoms with E-state index < -0.39 is 0 Å². The Hall–Kier alpha value is -1.94. The zero-order chi connectivity index (χ0) is 14.4. The minimum atomic E-state index is 0.479. The van der Waals surface area contributed by atoms with E-state index in [4.69, 9.17) is 4.74 Å². The van der Waals surface area contributed by atoms with Crippen molar-refractivity contribution in [2.24, 2.45) is 0 Å². The molecular formula is C16H21N3O. The van der Waals surface area contributed by atoms with Crippen LogP contribution in [0.4, 0.5) is 0 Å². The number of hydrogen-bond donors (Lipinski definition) is 1. The van der Waals surface area contributed by atoms with Crippen LogP contribution in [-0.4, -0.2) is 16.5 Å². The summed E-state index contributed by atoms with van der Waals surface area (Å²) in [5, 5.41) is 3.21. The van der Waals surface area contributed by atoms with Gasteiger partial charge in [0.2, 0.25) is 5.88 Å². The third kappa shape index (κ3) is 4.03. The highest BCUT2D eigenvalue weighted by atomic mass is 16.5. The van der Waals surface area contributed by atoms with Gasteiger partial charge in [-0.3, -0.25) is 4.98 Å². The van der Waals surface area contributed by atoms with Crippen molar-refractivity contribution in [2.45, 2.75) is 33.2 Å². The molecule has 0 unspecified atom stereocenters. The first-order chi connectivity index (χ1) is 9.69. The molecule has 0 amide bonds. The predicted octanol–water partition coefficient (Wildman–Crippen LogP) is 3.50. The van der Waals surface area contributed by atoms with Gasteiger partial charge in [0, 0.05) is 6.54 Å². The van der Waals surface area contributed by atoms with Crippen molar-refractivity contribution in [2.75, 3.05) is 6.54 Å². The van der Waals surface area contributed by atoms with Gasteiger partial charge in [-0.25, -0.2) is 4.98 Å². The summed E-state index contributed by atoms with van der Waals surface area (Å²) < 4.78 is 5.73. The standard InChI is InChI=1S/C16H21N3O/c1-4-17-9-14-10-19-16(11-18-14)20-15-7-5-6-13(8-15)12(2)3/h5-8,10-12,17H,4,9H2,1-3H3. The van der Waals surface area contributed by atoms with E-state index in [0.717, 1.165) is 24.5 Å². The maximum absolute atomic E-state index is 5.73. The third-order valence-corrected chi connectivity index (χ3v) is 2.98. The van der Waals surface area contributed by atoms with Gasteiger partial charge in [0.1, 0.15) is 5.75 Å². The number of aromatic nitrogens is 2. The van der Waals surface area contributed by atoms with E-state index in [0.29, 0.717) is 11.8 Å². The van der Waals surface area contributed by atoms with Crippen LogP contribution >= 0.6 is 0 Å². The lowest BCUT2D eigenvalue weighted by Crippen LogP contribution is -2.13. The van der Waals surface area contributed by atoms with E-state index in [1.807, 2.05) is 18.2 Å². The summed E-state index contributed by atoms with van der Waals surface area (Å²) in [5.74, 6) is 1.79. The quantitative estimate of drug-likeness (QED) is 0.873. The highest BCUT2D eigenvalue weighted by Gasteiger charge is 2.03. The molecule has 4 heteroatoms. The summed E-state index contributed by atoms with van der Waals surface area (Å²) >= 11 is 0. The van der Waals surface area contributed by atoms with Gasteiger partial charge in [0.15, 0.2) is 0 Å². The van der Waals surface area contributed by atoms with Crippen molar-refractivity contribution >= 4 is 0 Å². The predicted molar refractivity (Wildman–Crippen MR) is 80.0 cm³/mol. The second-order valence-electron chi connectivity index (χ2n) is 4.96. The molecule has 0 aliphatic rings. The Morgan fingerprint density at radius 3 is 2.70 bits per heavy atom. The molecule has 0 bridgehead atoms. The van der Waals surface area contributed by atoms with E-state index in [9.17, 15) is 0 Å². The summed E-state index contributed by atoms with van der Waals surface area (Å²) in [6, 6.07) is 8.07. The Bertz CT molecular complexity index is 538. The third-order valence-electron chi connectivity index (χ3n) is 2.98. The number of hydrogen-bond acceptors (Lipinski definition) is 4. The van der Waals surface area contributed by atoms with Crippen molar-refractivity contribution in [3.8, 4) is 11.6 Å². The first kappa shape index (κ1) is 14.5. The Kier molecular flexibility index (Phi) is 5.07. The molecule has 0 spiro atoms. The molecule has 0 aliphatic heterocycles. The number of nitrogens with one attached hydrogen (secondary N) is 1. The molecule has 2 aromatic rings. The van der Waals surface area contributed by atoms with Gasteiger partial charge < -0.3 is 10.1 Å². The average Bonchev–Trinajstić information content (AvgIpc) is 2.47. The van der Waals surface area contributed by atoms with E-state index in [1.54, 1.807) is 12.4 Å². The average molecular weight is 271 g/mol. The zero-order valence-corrected chi connectivity index (χ0v) is 12.3. The van der Waals surface area contributed by atoms with Crippen LogP contribution < -0.4 is 10.1 Å². The van der Waals surface area contributed by atoms with Crippen molar-refractivity contribution < 1.29 is 4.74 Å². The van der Waals surface area contributed by atoms with Gasteiger partial charge in [0.05, 0.1) is 18.1 Å². The summed E-state index contributed by atoms with van der Waals surface area (Å²) in [4.78, 5) is 8.60. The fourth-order valence-electron chi connectivity index (χ4n) is 1.80. The number of nitrogens with zero attached hydrogens (tertiary/aromatic N) is 2. The highest BCUT2D eigenvalue weighted by molar-refractivity contribution is 5.32. The molecule has 0 radical (unpaired) electrons. The van der Waals surface area contributed by atoms with Crippen LogP contribution in [0.1, 0.15) is 37.9 Å². The molecule has 2 rings (SSSR count). The van der Waals surface area contributed by atoms with Crippen LogP contribution in [0.15, 0.2) is 36.7 Å². The van der Waals surface area contributed by atoms with Gasteiger partial charge in [-0.15, -0.1) is 0 Å². The van der Waals surface area contributed by atoms with Gasteiger partial charge in [-0.05, 0) is 30.2 Å². The molecule has 20 heavy (non-hydrogen) atoms. The number of ether oxygens (including phenoxy) is 1. The first-order valence-corrected chi connectivity index (χ1v) is 6.98. The normalized spacial score (nSPS) is 10.8. The zero-order valence-electron chi connectivity index (χ0n) is 12.3. The van der Waals surface area contributed by atoms with Crippen LogP contribution in [-0.2, 0) is 6.54 Å². The molecule has 106 valence electrons.